The molecule has 0 amide bonds. The number of carbonyl (C=O) groups is 1. The summed E-state index contributed by atoms with van der Waals surface area (Å²) in [5.74, 6) is -0.255. The number of carbonyl (C=O) groups excluding carboxylic acids is 1. The number of halogens is 1. The fourth-order valence-electron chi connectivity index (χ4n) is 1.43. The molecular weight excluding hydrogens is 238 g/mol. The Kier molecular flexibility index (Phi) is 5.70. The first-order valence-corrected chi connectivity index (χ1v) is 6.00. The highest BCUT2D eigenvalue weighted by molar-refractivity contribution is 6.30. The number of hydrogen-bond acceptors (Lipinski definition) is 3. The first kappa shape index (κ1) is 13.7. The van der Waals surface area contributed by atoms with E-state index in [1.165, 1.54) is 0 Å². The van der Waals surface area contributed by atoms with Gasteiger partial charge in [0.25, 0.3) is 0 Å². The fourth-order valence-corrected chi connectivity index (χ4v) is 1.56. The first-order chi connectivity index (χ1) is 8.17. The average molecular weight is 254 g/mol. The van der Waals surface area contributed by atoms with Crippen molar-refractivity contribution in [3.63, 3.8) is 0 Å². The lowest BCUT2D eigenvalue weighted by Gasteiger charge is -2.06. The van der Waals surface area contributed by atoms with Gasteiger partial charge in [0, 0.05) is 11.6 Å². The minimum absolute atomic E-state index is 0.198. The van der Waals surface area contributed by atoms with Crippen molar-refractivity contribution < 1.29 is 9.53 Å². The number of benzene rings is 1. The predicted molar refractivity (Wildman–Crippen MR) is 69.8 cm³/mol. The van der Waals surface area contributed by atoms with E-state index in [1.54, 1.807) is 19.1 Å². The van der Waals surface area contributed by atoms with E-state index in [2.05, 4.69) is 4.99 Å². The quantitative estimate of drug-likeness (QED) is 0.597. The van der Waals surface area contributed by atoms with Crippen LogP contribution in [0.1, 0.15) is 25.8 Å². The first-order valence-electron chi connectivity index (χ1n) is 5.62. The zero-order chi connectivity index (χ0) is 12.7. The molecule has 0 aliphatic rings. The van der Waals surface area contributed by atoms with Gasteiger partial charge in [-0.15, -0.1) is 0 Å². The zero-order valence-electron chi connectivity index (χ0n) is 10.1. The minimum Gasteiger partial charge on any atom is -0.466 e. The van der Waals surface area contributed by atoms with Crippen molar-refractivity contribution in [1.82, 2.24) is 0 Å². The molecule has 0 aliphatic carbocycles. The van der Waals surface area contributed by atoms with Crippen LogP contribution in [-0.2, 0) is 9.53 Å². The second-order valence-electron chi connectivity index (χ2n) is 3.41. The van der Waals surface area contributed by atoms with Gasteiger partial charge in [-0.2, -0.15) is 0 Å². The van der Waals surface area contributed by atoms with Crippen LogP contribution < -0.4 is 0 Å². The van der Waals surface area contributed by atoms with Crippen LogP contribution in [-0.4, -0.2) is 24.8 Å². The molecule has 3 nitrogen and oxygen atoms in total. The maximum absolute atomic E-state index is 11.4. The smallest absolute Gasteiger partial charge is 0.311 e. The summed E-state index contributed by atoms with van der Waals surface area (Å²) in [7, 11) is 0. The molecule has 0 aromatic heterocycles. The molecule has 0 atom stereocenters. The molecule has 0 unspecified atom stereocenters. The summed E-state index contributed by atoms with van der Waals surface area (Å²) < 4.78 is 4.92. The van der Waals surface area contributed by atoms with E-state index >= 15 is 0 Å². The van der Waals surface area contributed by atoms with Crippen molar-refractivity contribution in [3.8, 4) is 0 Å². The largest absolute Gasteiger partial charge is 0.466 e. The summed E-state index contributed by atoms with van der Waals surface area (Å²) in [5, 5.41) is 0.667. The summed E-state index contributed by atoms with van der Waals surface area (Å²) in [6.45, 7) is 4.74. The van der Waals surface area contributed by atoms with Gasteiger partial charge >= 0.3 is 5.97 Å². The summed E-state index contributed by atoms with van der Waals surface area (Å²) in [6, 6.07) is 7.28. The van der Waals surface area contributed by atoms with Gasteiger partial charge in [-0.05, 0) is 31.5 Å². The number of ether oxygens (including phenoxy) is 1. The highest BCUT2D eigenvalue weighted by atomic mass is 35.5. The molecule has 1 aromatic carbocycles. The summed E-state index contributed by atoms with van der Waals surface area (Å²) >= 11 is 5.82. The Hall–Kier alpha value is -1.35. The molecule has 0 spiro atoms. The Morgan fingerprint density at radius 3 is 2.47 bits per heavy atom. The van der Waals surface area contributed by atoms with Gasteiger partial charge in [0.2, 0.25) is 0 Å². The van der Waals surface area contributed by atoms with Crippen molar-refractivity contribution >= 4 is 23.3 Å². The van der Waals surface area contributed by atoms with Gasteiger partial charge in [0.15, 0.2) is 0 Å². The van der Waals surface area contributed by atoms with E-state index in [0.717, 1.165) is 11.3 Å². The molecule has 0 bridgehead atoms. The molecule has 0 fully saturated rings. The van der Waals surface area contributed by atoms with Crippen LogP contribution in [0.2, 0.25) is 5.02 Å². The number of esters is 1. The third-order valence-electron chi connectivity index (χ3n) is 2.14. The van der Waals surface area contributed by atoms with E-state index in [4.69, 9.17) is 16.3 Å². The standard InChI is InChI=1S/C13H16ClNO2/c1-3-15-12(9-13(16)17-4-2)10-5-7-11(14)8-6-10/h5-8H,3-4,9H2,1-2H3. The molecular formula is C13H16ClNO2. The Labute approximate surface area is 106 Å². The molecule has 92 valence electrons. The van der Waals surface area contributed by atoms with Crippen LogP contribution in [0.5, 0.6) is 0 Å². The normalized spacial score (nSPS) is 11.4. The Morgan fingerprint density at radius 1 is 1.29 bits per heavy atom. The highest BCUT2D eigenvalue weighted by Crippen LogP contribution is 2.12. The van der Waals surface area contributed by atoms with Crippen molar-refractivity contribution in [2.45, 2.75) is 20.3 Å². The third-order valence-corrected chi connectivity index (χ3v) is 2.40. The number of rotatable bonds is 5. The summed E-state index contributed by atoms with van der Waals surface area (Å²) in [6.07, 6.45) is 0.198. The molecule has 0 saturated carbocycles. The molecule has 0 saturated heterocycles. The molecule has 0 N–H and O–H groups in total. The van der Waals surface area contributed by atoms with Crippen LogP contribution in [0, 0.1) is 0 Å². The van der Waals surface area contributed by atoms with Crippen LogP contribution in [0.15, 0.2) is 29.3 Å². The molecule has 0 radical (unpaired) electrons. The van der Waals surface area contributed by atoms with Crippen LogP contribution in [0.4, 0.5) is 0 Å². The van der Waals surface area contributed by atoms with E-state index in [-0.39, 0.29) is 12.4 Å². The predicted octanol–water partition coefficient (Wildman–Crippen LogP) is 3.10. The average Bonchev–Trinajstić information content (AvgIpc) is 2.30. The number of aliphatic imine (C=N–C) groups is 1. The molecule has 4 heteroatoms. The minimum atomic E-state index is -0.255. The third kappa shape index (κ3) is 4.57. The molecule has 1 rings (SSSR count). The topological polar surface area (TPSA) is 38.7 Å². The Bertz CT molecular complexity index is 398. The molecule has 0 aliphatic heterocycles. The van der Waals surface area contributed by atoms with Gasteiger partial charge in [0.1, 0.15) is 0 Å². The van der Waals surface area contributed by atoms with Crippen LogP contribution >= 0.6 is 11.6 Å². The van der Waals surface area contributed by atoms with Crippen molar-refractivity contribution in [2.24, 2.45) is 4.99 Å². The van der Waals surface area contributed by atoms with Gasteiger partial charge < -0.3 is 4.74 Å². The monoisotopic (exact) mass is 253 g/mol. The van der Waals surface area contributed by atoms with Crippen LogP contribution in [0.3, 0.4) is 0 Å². The second kappa shape index (κ2) is 7.07. The lowest BCUT2D eigenvalue weighted by Crippen LogP contribution is -2.12. The fraction of sp³-hybridized carbons (Fsp3) is 0.385. The highest BCUT2D eigenvalue weighted by Gasteiger charge is 2.10. The van der Waals surface area contributed by atoms with E-state index in [1.807, 2.05) is 19.1 Å². The summed E-state index contributed by atoms with van der Waals surface area (Å²) in [4.78, 5) is 15.8. The van der Waals surface area contributed by atoms with Crippen molar-refractivity contribution in [2.75, 3.05) is 13.2 Å². The van der Waals surface area contributed by atoms with Crippen molar-refractivity contribution in [1.29, 1.82) is 0 Å². The number of nitrogens with zero attached hydrogens (tertiary/aromatic N) is 1. The molecule has 1 aromatic rings. The second-order valence-corrected chi connectivity index (χ2v) is 3.85. The Morgan fingerprint density at radius 2 is 1.94 bits per heavy atom. The lowest BCUT2D eigenvalue weighted by molar-refractivity contribution is -0.141. The van der Waals surface area contributed by atoms with Gasteiger partial charge in [-0.25, -0.2) is 0 Å². The van der Waals surface area contributed by atoms with E-state index in [0.29, 0.717) is 18.2 Å². The van der Waals surface area contributed by atoms with Crippen LogP contribution in [0.25, 0.3) is 0 Å². The van der Waals surface area contributed by atoms with Gasteiger partial charge in [0.05, 0.1) is 18.7 Å². The van der Waals surface area contributed by atoms with Gasteiger partial charge in [-0.1, -0.05) is 23.7 Å². The van der Waals surface area contributed by atoms with Crippen molar-refractivity contribution in [3.05, 3.63) is 34.9 Å². The molecule has 17 heavy (non-hydrogen) atoms. The number of hydrogen-bond donors (Lipinski definition) is 0. The van der Waals surface area contributed by atoms with E-state index in [9.17, 15) is 4.79 Å². The van der Waals surface area contributed by atoms with Gasteiger partial charge in [-0.3, -0.25) is 9.79 Å². The molecule has 0 heterocycles. The van der Waals surface area contributed by atoms with E-state index < -0.39 is 0 Å². The summed E-state index contributed by atoms with van der Waals surface area (Å²) in [5.41, 5.74) is 1.65. The SMILES string of the molecule is CCN=C(CC(=O)OCC)c1ccc(Cl)cc1. The maximum Gasteiger partial charge on any atom is 0.311 e. The Balaban J connectivity index is 2.83. The zero-order valence-corrected chi connectivity index (χ0v) is 10.8. The maximum atomic E-state index is 11.4. The lowest BCUT2D eigenvalue weighted by atomic mass is 10.1.